The summed E-state index contributed by atoms with van der Waals surface area (Å²) in [4.78, 5) is 21.5. The Hall–Kier alpha value is -3.77. The number of oxazole rings is 1. The molecular formula is C24H17N3O2S. The predicted molar refractivity (Wildman–Crippen MR) is 119 cm³/mol. The minimum absolute atomic E-state index is 0.102. The molecule has 0 unspecified atom stereocenters. The summed E-state index contributed by atoms with van der Waals surface area (Å²) >= 11 is 1.54. The summed E-state index contributed by atoms with van der Waals surface area (Å²) in [6.07, 6.45) is 0.232. The SMILES string of the molecule is O=C(Cc1csc(-c2ccccc2)n1)Nc1ccc(-c2nc3ccccc3o2)cc1. The van der Waals surface area contributed by atoms with Gasteiger partial charge in [0.25, 0.3) is 0 Å². The van der Waals surface area contributed by atoms with E-state index >= 15 is 0 Å². The maximum absolute atomic E-state index is 12.4. The molecule has 1 N–H and O–H groups in total. The van der Waals surface area contributed by atoms with E-state index in [1.54, 1.807) is 11.3 Å². The van der Waals surface area contributed by atoms with Crippen molar-refractivity contribution in [1.29, 1.82) is 0 Å². The highest BCUT2D eigenvalue weighted by atomic mass is 32.1. The van der Waals surface area contributed by atoms with Crippen molar-refractivity contribution in [2.75, 3.05) is 5.32 Å². The molecule has 0 aliphatic heterocycles. The molecule has 0 saturated heterocycles. The number of hydrogen-bond donors (Lipinski definition) is 1. The van der Waals surface area contributed by atoms with Gasteiger partial charge in [0.15, 0.2) is 5.58 Å². The van der Waals surface area contributed by atoms with Crippen LogP contribution in [0.4, 0.5) is 5.69 Å². The van der Waals surface area contributed by atoms with E-state index in [1.165, 1.54) is 0 Å². The number of anilines is 1. The van der Waals surface area contributed by atoms with E-state index in [1.807, 2.05) is 84.2 Å². The molecule has 0 radical (unpaired) electrons. The van der Waals surface area contributed by atoms with E-state index < -0.39 is 0 Å². The number of nitrogens with one attached hydrogen (secondary N) is 1. The summed E-state index contributed by atoms with van der Waals surface area (Å²) in [5.74, 6) is 0.458. The number of hydrogen-bond acceptors (Lipinski definition) is 5. The number of para-hydroxylation sites is 2. The average Bonchev–Trinajstić information content (AvgIpc) is 3.42. The zero-order valence-electron chi connectivity index (χ0n) is 15.9. The molecule has 0 fully saturated rings. The first kappa shape index (κ1) is 18.3. The first-order valence-corrected chi connectivity index (χ1v) is 10.4. The Morgan fingerprint density at radius 1 is 0.867 bits per heavy atom. The number of nitrogens with zero attached hydrogens (tertiary/aromatic N) is 2. The Bertz CT molecular complexity index is 1270. The lowest BCUT2D eigenvalue weighted by atomic mass is 10.2. The summed E-state index contributed by atoms with van der Waals surface area (Å²) in [6, 6.07) is 25.1. The lowest BCUT2D eigenvalue weighted by Crippen LogP contribution is -2.14. The fourth-order valence-corrected chi connectivity index (χ4v) is 3.99. The van der Waals surface area contributed by atoms with Crippen molar-refractivity contribution in [3.8, 4) is 22.0 Å². The minimum atomic E-state index is -0.102. The van der Waals surface area contributed by atoms with Gasteiger partial charge in [-0.1, -0.05) is 42.5 Å². The second kappa shape index (κ2) is 7.93. The van der Waals surface area contributed by atoms with Crippen LogP contribution >= 0.6 is 11.3 Å². The molecule has 0 saturated carbocycles. The molecule has 2 heterocycles. The van der Waals surface area contributed by atoms with Crippen LogP contribution in [0.15, 0.2) is 88.7 Å². The first-order valence-electron chi connectivity index (χ1n) is 9.50. The topological polar surface area (TPSA) is 68.0 Å². The molecule has 30 heavy (non-hydrogen) atoms. The highest BCUT2D eigenvalue weighted by Gasteiger charge is 2.11. The predicted octanol–water partition coefficient (Wildman–Crippen LogP) is 5.80. The van der Waals surface area contributed by atoms with Gasteiger partial charge in [0.1, 0.15) is 10.5 Å². The minimum Gasteiger partial charge on any atom is -0.436 e. The van der Waals surface area contributed by atoms with E-state index in [0.717, 1.165) is 38.6 Å². The van der Waals surface area contributed by atoms with Gasteiger partial charge in [-0.25, -0.2) is 9.97 Å². The zero-order valence-corrected chi connectivity index (χ0v) is 16.7. The summed E-state index contributed by atoms with van der Waals surface area (Å²) in [7, 11) is 0. The molecule has 0 atom stereocenters. The van der Waals surface area contributed by atoms with Crippen LogP contribution in [0.2, 0.25) is 0 Å². The summed E-state index contributed by atoms with van der Waals surface area (Å²) in [5, 5.41) is 5.77. The van der Waals surface area contributed by atoms with Crippen LogP contribution < -0.4 is 5.32 Å². The van der Waals surface area contributed by atoms with Crippen molar-refractivity contribution in [2.45, 2.75) is 6.42 Å². The second-order valence-electron chi connectivity index (χ2n) is 6.80. The van der Waals surface area contributed by atoms with Gasteiger partial charge in [0, 0.05) is 22.2 Å². The molecule has 0 aliphatic carbocycles. The van der Waals surface area contributed by atoms with Crippen molar-refractivity contribution in [2.24, 2.45) is 0 Å². The lowest BCUT2D eigenvalue weighted by molar-refractivity contribution is -0.115. The molecule has 5 nitrogen and oxygen atoms in total. The van der Waals surface area contributed by atoms with Crippen LogP contribution in [0.25, 0.3) is 33.1 Å². The van der Waals surface area contributed by atoms with E-state index in [9.17, 15) is 4.79 Å². The maximum atomic E-state index is 12.4. The van der Waals surface area contributed by atoms with Gasteiger partial charge in [-0.3, -0.25) is 4.79 Å². The van der Waals surface area contributed by atoms with E-state index in [-0.39, 0.29) is 12.3 Å². The van der Waals surface area contributed by atoms with Crippen molar-refractivity contribution in [3.05, 3.63) is 89.9 Å². The van der Waals surface area contributed by atoms with Crippen LogP contribution in [0.3, 0.4) is 0 Å². The Kier molecular flexibility index (Phi) is 4.83. The van der Waals surface area contributed by atoms with Crippen LogP contribution in [-0.4, -0.2) is 15.9 Å². The van der Waals surface area contributed by atoms with Gasteiger partial charge in [-0.2, -0.15) is 0 Å². The van der Waals surface area contributed by atoms with Crippen LogP contribution in [-0.2, 0) is 11.2 Å². The Balaban J connectivity index is 1.25. The van der Waals surface area contributed by atoms with Crippen LogP contribution in [0.5, 0.6) is 0 Å². The van der Waals surface area contributed by atoms with E-state index in [2.05, 4.69) is 15.3 Å². The molecule has 6 heteroatoms. The van der Waals surface area contributed by atoms with Crippen LogP contribution in [0, 0.1) is 0 Å². The fraction of sp³-hybridized carbons (Fsp3) is 0.0417. The van der Waals surface area contributed by atoms with Gasteiger partial charge in [0.05, 0.1) is 12.1 Å². The molecule has 5 rings (SSSR count). The molecule has 0 spiro atoms. The second-order valence-corrected chi connectivity index (χ2v) is 7.66. The Labute approximate surface area is 177 Å². The number of rotatable bonds is 5. The van der Waals surface area contributed by atoms with Crippen molar-refractivity contribution in [3.63, 3.8) is 0 Å². The number of amides is 1. The fourth-order valence-electron chi connectivity index (χ4n) is 3.16. The molecule has 5 aromatic rings. The van der Waals surface area contributed by atoms with E-state index in [0.29, 0.717) is 5.89 Å². The van der Waals surface area contributed by atoms with Gasteiger partial charge < -0.3 is 9.73 Å². The van der Waals surface area contributed by atoms with Gasteiger partial charge in [-0.05, 0) is 36.4 Å². The highest BCUT2D eigenvalue weighted by molar-refractivity contribution is 7.13. The summed E-state index contributed by atoms with van der Waals surface area (Å²) in [5.41, 5.74) is 4.98. The molecule has 146 valence electrons. The zero-order chi connectivity index (χ0) is 20.3. The van der Waals surface area contributed by atoms with Crippen LogP contribution in [0.1, 0.15) is 5.69 Å². The number of carbonyl (C=O) groups is 1. The smallest absolute Gasteiger partial charge is 0.230 e. The number of thiazole rings is 1. The van der Waals surface area contributed by atoms with Crippen molar-refractivity contribution in [1.82, 2.24) is 9.97 Å². The normalized spacial score (nSPS) is 10.9. The number of aromatic nitrogens is 2. The third-order valence-electron chi connectivity index (χ3n) is 4.62. The first-order chi connectivity index (χ1) is 14.7. The largest absolute Gasteiger partial charge is 0.436 e. The molecule has 0 bridgehead atoms. The van der Waals surface area contributed by atoms with Gasteiger partial charge in [-0.15, -0.1) is 11.3 Å². The van der Waals surface area contributed by atoms with Gasteiger partial charge >= 0.3 is 0 Å². The number of fused-ring (bicyclic) bond motifs is 1. The monoisotopic (exact) mass is 411 g/mol. The third kappa shape index (κ3) is 3.86. The third-order valence-corrected chi connectivity index (χ3v) is 5.56. The maximum Gasteiger partial charge on any atom is 0.230 e. The standard InChI is InChI=1S/C24H17N3O2S/c28-22(14-19-15-30-24(26-19)17-6-2-1-3-7-17)25-18-12-10-16(11-13-18)23-27-20-8-4-5-9-21(20)29-23/h1-13,15H,14H2,(H,25,28). The molecule has 1 amide bonds. The molecule has 3 aromatic carbocycles. The van der Waals surface area contributed by atoms with E-state index in [4.69, 9.17) is 4.42 Å². The quantitative estimate of drug-likeness (QED) is 0.397. The average molecular weight is 411 g/mol. The Morgan fingerprint density at radius 2 is 1.63 bits per heavy atom. The van der Waals surface area contributed by atoms with Crippen molar-refractivity contribution < 1.29 is 9.21 Å². The number of benzene rings is 3. The van der Waals surface area contributed by atoms with Gasteiger partial charge in [0.2, 0.25) is 11.8 Å². The summed E-state index contributed by atoms with van der Waals surface area (Å²) < 4.78 is 5.79. The molecule has 0 aliphatic rings. The highest BCUT2D eigenvalue weighted by Crippen LogP contribution is 2.26. The Morgan fingerprint density at radius 3 is 2.43 bits per heavy atom. The summed E-state index contributed by atoms with van der Waals surface area (Å²) in [6.45, 7) is 0. The lowest BCUT2D eigenvalue weighted by Gasteiger charge is -2.04. The van der Waals surface area contributed by atoms with Crippen molar-refractivity contribution >= 4 is 34.0 Å². The molecule has 2 aromatic heterocycles. The number of carbonyl (C=O) groups excluding carboxylic acids is 1. The molecular weight excluding hydrogens is 394 g/mol.